The molecule has 1 N–H and O–H groups in total. The van der Waals surface area contributed by atoms with Crippen molar-refractivity contribution in [2.24, 2.45) is 0 Å². The molecule has 9 heteroatoms. The Labute approximate surface area is 146 Å². The van der Waals surface area contributed by atoms with Crippen molar-refractivity contribution in [2.75, 3.05) is 11.6 Å². The van der Waals surface area contributed by atoms with Crippen molar-refractivity contribution in [1.82, 2.24) is 14.8 Å². The van der Waals surface area contributed by atoms with Crippen molar-refractivity contribution in [2.45, 2.75) is 43.8 Å². The van der Waals surface area contributed by atoms with E-state index >= 15 is 0 Å². The van der Waals surface area contributed by atoms with Gasteiger partial charge < -0.3 is 5.32 Å². The second kappa shape index (κ2) is 7.23. The number of thiophene rings is 1. The third-order valence-corrected chi connectivity index (χ3v) is 5.97. The molecule has 0 bridgehead atoms. The maximum atomic E-state index is 12.3. The molecule has 0 fully saturated rings. The van der Waals surface area contributed by atoms with Crippen LogP contribution in [-0.2, 0) is 35.0 Å². The van der Waals surface area contributed by atoms with Gasteiger partial charge in [-0.2, -0.15) is 5.26 Å². The van der Waals surface area contributed by atoms with Crippen LogP contribution in [0.4, 0.5) is 5.00 Å². The Balaban J connectivity index is 1.79. The molecule has 3 rings (SSSR count). The standard InChI is InChI=1S/C15H17N5O2S2/c1-24(22)15-19-17-9-20(15)8-13(21)18-14-11(7-16)10-5-3-2-4-6-12(10)23-14/h9H,2-6,8H2,1H3,(H,18,21). The summed E-state index contributed by atoms with van der Waals surface area (Å²) in [4.78, 5) is 13.5. The summed E-state index contributed by atoms with van der Waals surface area (Å²) in [5, 5.41) is 20.6. The first-order chi connectivity index (χ1) is 11.6. The lowest BCUT2D eigenvalue weighted by Crippen LogP contribution is -2.20. The number of carbonyl (C=O) groups is 1. The molecule has 126 valence electrons. The number of nitrogens with one attached hydrogen (secondary N) is 1. The maximum Gasteiger partial charge on any atom is 0.245 e. The molecule has 0 spiro atoms. The van der Waals surface area contributed by atoms with Crippen molar-refractivity contribution >= 4 is 33.0 Å². The third kappa shape index (κ3) is 3.39. The molecule has 0 saturated carbocycles. The van der Waals surface area contributed by atoms with E-state index in [0.29, 0.717) is 10.6 Å². The highest BCUT2D eigenvalue weighted by Gasteiger charge is 2.21. The first kappa shape index (κ1) is 16.8. The van der Waals surface area contributed by atoms with Crippen molar-refractivity contribution in [3.8, 4) is 6.07 Å². The normalized spacial score (nSPS) is 15.2. The van der Waals surface area contributed by atoms with Gasteiger partial charge >= 0.3 is 0 Å². The fourth-order valence-electron chi connectivity index (χ4n) is 2.85. The van der Waals surface area contributed by atoms with Crippen LogP contribution in [0.3, 0.4) is 0 Å². The minimum Gasteiger partial charge on any atom is -0.315 e. The second-order valence-corrected chi connectivity index (χ2v) is 8.00. The van der Waals surface area contributed by atoms with Gasteiger partial charge in [-0.25, -0.2) is 0 Å². The van der Waals surface area contributed by atoms with Crippen LogP contribution in [0, 0.1) is 11.3 Å². The van der Waals surface area contributed by atoms with Gasteiger partial charge in [0.15, 0.2) is 0 Å². The van der Waals surface area contributed by atoms with Gasteiger partial charge in [0.1, 0.15) is 23.9 Å². The van der Waals surface area contributed by atoms with Crippen LogP contribution in [0.25, 0.3) is 0 Å². The smallest absolute Gasteiger partial charge is 0.245 e. The van der Waals surface area contributed by atoms with Crippen LogP contribution in [0.5, 0.6) is 0 Å². The molecule has 0 aliphatic heterocycles. The SMILES string of the molecule is CS(=O)c1nncn1CC(=O)Nc1sc2c(c1C#N)CCCCC2. The molecule has 7 nitrogen and oxygen atoms in total. The highest BCUT2D eigenvalue weighted by atomic mass is 32.2. The van der Waals surface area contributed by atoms with Crippen molar-refractivity contribution in [3.05, 3.63) is 22.3 Å². The number of fused-ring (bicyclic) bond motifs is 1. The Morgan fingerprint density at radius 1 is 1.46 bits per heavy atom. The number of aryl methyl sites for hydroxylation is 1. The molecule has 0 saturated heterocycles. The molecule has 1 amide bonds. The predicted molar refractivity (Wildman–Crippen MR) is 91.3 cm³/mol. The lowest BCUT2D eigenvalue weighted by atomic mass is 10.1. The summed E-state index contributed by atoms with van der Waals surface area (Å²) in [6.07, 6.45) is 8.12. The number of nitriles is 1. The Morgan fingerprint density at radius 2 is 2.25 bits per heavy atom. The van der Waals surface area contributed by atoms with Gasteiger partial charge in [0.25, 0.3) is 0 Å². The molecule has 2 heterocycles. The van der Waals surface area contributed by atoms with E-state index in [0.717, 1.165) is 31.2 Å². The number of carbonyl (C=O) groups excluding carboxylic acids is 1. The first-order valence-electron chi connectivity index (χ1n) is 7.66. The van der Waals surface area contributed by atoms with Gasteiger partial charge in [-0.1, -0.05) is 6.42 Å². The van der Waals surface area contributed by atoms with Gasteiger partial charge in [0, 0.05) is 11.1 Å². The highest BCUT2D eigenvalue weighted by molar-refractivity contribution is 7.84. The Kier molecular flexibility index (Phi) is 5.06. The average Bonchev–Trinajstić information content (AvgIpc) is 3.05. The Morgan fingerprint density at radius 3 is 3.00 bits per heavy atom. The van der Waals surface area contributed by atoms with Gasteiger partial charge in [-0.05, 0) is 31.2 Å². The quantitative estimate of drug-likeness (QED) is 0.836. The van der Waals surface area contributed by atoms with E-state index in [9.17, 15) is 14.3 Å². The Hall–Kier alpha value is -2.05. The van der Waals surface area contributed by atoms with E-state index in [-0.39, 0.29) is 17.6 Å². The van der Waals surface area contributed by atoms with E-state index in [4.69, 9.17) is 0 Å². The maximum absolute atomic E-state index is 12.3. The average molecular weight is 363 g/mol. The summed E-state index contributed by atoms with van der Waals surface area (Å²) in [7, 11) is -1.31. The van der Waals surface area contributed by atoms with E-state index in [2.05, 4.69) is 21.6 Å². The van der Waals surface area contributed by atoms with E-state index in [1.165, 1.54) is 39.8 Å². The number of rotatable bonds is 4. The van der Waals surface area contributed by atoms with Gasteiger partial charge in [0.05, 0.1) is 16.4 Å². The zero-order chi connectivity index (χ0) is 17.1. The minimum atomic E-state index is -1.31. The van der Waals surface area contributed by atoms with Crippen molar-refractivity contribution in [3.63, 3.8) is 0 Å². The van der Waals surface area contributed by atoms with Gasteiger partial charge in [-0.15, -0.1) is 21.5 Å². The molecule has 1 aliphatic rings. The molecule has 2 aromatic rings. The Bertz CT molecular complexity index is 834. The number of anilines is 1. The van der Waals surface area contributed by atoms with E-state index in [1.54, 1.807) is 0 Å². The lowest BCUT2D eigenvalue weighted by Gasteiger charge is -2.06. The highest BCUT2D eigenvalue weighted by Crippen LogP contribution is 2.36. The van der Waals surface area contributed by atoms with Crippen LogP contribution in [-0.4, -0.2) is 31.1 Å². The fourth-order valence-corrected chi connectivity index (χ4v) is 4.71. The molecule has 0 aromatic carbocycles. The third-order valence-electron chi connectivity index (χ3n) is 3.94. The number of aromatic nitrogens is 3. The number of nitrogens with zero attached hydrogens (tertiary/aromatic N) is 4. The van der Waals surface area contributed by atoms with Crippen molar-refractivity contribution < 1.29 is 9.00 Å². The number of amides is 1. The zero-order valence-electron chi connectivity index (χ0n) is 13.2. The molecular formula is C15H17N5O2S2. The second-order valence-electron chi connectivity index (χ2n) is 5.62. The van der Waals surface area contributed by atoms with Gasteiger partial charge in [-0.3, -0.25) is 13.6 Å². The molecule has 1 aliphatic carbocycles. The van der Waals surface area contributed by atoms with Crippen LogP contribution < -0.4 is 5.32 Å². The van der Waals surface area contributed by atoms with Crippen LogP contribution in [0.2, 0.25) is 0 Å². The monoisotopic (exact) mass is 363 g/mol. The lowest BCUT2D eigenvalue weighted by molar-refractivity contribution is -0.116. The van der Waals surface area contributed by atoms with Crippen LogP contribution in [0.15, 0.2) is 11.5 Å². The number of hydrogen-bond acceptors (Lipinski definition) is 6. The topological polar surface area (TPSA) is 101 Å². The molecule has 24 heavy (non-hydrogen) atoms. The summed E-state index contributed by atoms with van der Waals surface area (Å²) < 4.78 is 13.0. The molecule has 1 atom stereocenters. The summed E-state index contributed by atoms with van der Waals surface area (Å²) >= 11 is 1.50. The molecule has 1 unspecified atom stereocenters. The van der Waals surface area contributed by atoms with E-state index in [1.807, 2.05) is 0 Å². The fraction of sp³-hybridized carbons (Fsp3) is 0.467. The zero-order valence-corrected chi connectivity index (χ0v) is 14.9. The summed E-state index contributed by atoms with van der Waals surface area (Å²) in [6, 6.07) is 2.24. The first-order valence-corrected chi connectivity index (χ1v) is 10.0. The molecule has 0 radical (unpaired) electrons. The summed E-state index contributed by atoms with van der Waals surface area (Å²) in [5.41, 5.74) is 1.68. The number of hydrogen-bond donors (Lipinski definition) is 1. The van der Waals surface area contributed by atoms with Crippen molar-refractivity contribution in [1.29, 1.82) is 5.26 Å². The predicted octanol–water partition coefficient (Wildman–Crippen LogP) is 1.86. The summed E-state index contributed by atoms with van der Waals surface area (Å²) in [6.45, 7) is -0.0324. The molecular weight excluding hydrogens is 346 g/mol. The summed E-state index contributed by atoms with van der Waals surface area (Å²) in [5.74, 6) is -0.283. The van der Waals surface area contributed by atoms with E-state index < -0.39 is 10.8 Å². The van der Waals surface area contributed by atoms with Gasteiger partial charge in [0.2, 0.25) is 11.1 Å². The largest absolute Gasteiger partial charge is 0.315 e. The minimum absolute atomic E-state index is 0.0324. The van der Waals surface area contributed by atoms with Crippen LogP contribution in [0.1, 0.15) is 35.3 Å². The molecule has 2 aromatic heterocycles. The van der Waals surface area contributed by atoms with Crippen LogP contribution >= 0.6 is 11.3 Å².